The quantitative estimate of drug-likeness (QED) is 0.557. The summed E-state index contributed by atoms with van der Waals surface area (Å²) in [4.78, 5) is 41.8. The van der Waals surface area contributed by atoms with Gasteiger partial charge in [-0.2, -0.15) is 0 Å². The number of carboxylic acid groups (broad SMARTS) is 1. The first-order valence-corrected chi connectivity index (χ1v) is 9.27. The minimum absolute atomic E-state index is 0.0396. The minimum atomic E-state index is -4.34. The Bertz CT molecular complexity index is 802. The fourth-order valence-corrected chi connectivity index (χ4v) is 3.20. The van der Waals surface area contributed by atoms with Crippen LogP contribution in [0.3, 0.4) is 0 Å². The van der Waals surface area contributed by atoms with Crippen LogP contribution in [0.25, 0.3) is 0 Å². The zero-order chi connectivity index (χ0) is 18.4. The summed E-state index contributed by atoms with van der Waals surface area (Å²) in [7, 11) is -4.34. The molecule has 0 aliphatic heterocycles. The van der Waals surface area contributed by atoms with E-state index >= 15 is 0 Å². The van der Waals surface area contributed by atoms with Crippen LogP contribution < -0.4 is 5.32 Å². The molecule has 4 N–H and O–H groups in total. The van der Waals surface area contributed by atoms with E-state index in [4.69, 9.17) is 5.11 Å². The van der Waals surface area contributed by atoms with E-state index < -0.39 is 31.7 Å². The molecule has 0 heterocycles. The molecule has 0 aromatic heterocycles. The molecule has 0 aliphatic rings. The van der Waals surface area contributed by atoms with E-state index in [0.717, 1.165) is 5.56 Å². The monoisotopic (exact) mass is 363 g/mol. The van der Waals surface area contributed by atoms with Gasteiger partial charge in [-0.25, -0.2) is 4.79 Å². The van der Waals surface area contributed by atoms with Crippen molar-refractivity contribution < 1.29 is 29.0 Å². The van der Waals surface area contributed by atoms with Crippen LogP contribution in [0, 0.1) is 0 Å². The van der Waals surface area contributed by atoms with Crippen molar-refractivity contribution in [2.24, 2.45) is 0 Å². The van der Waals surface area contributed by atoms with E-state index in [1.165, 1.54) is 24.3 Å². The number of carbonyl (C=O) groups excluding carboxylic acids is 1. The molecule has 0 aliphatic carbocycles. The van der Waals surface area contributed by atoms with Crippen molar-refractivity contribution in [1.29, 1.82) is 0 Å². The number of rotatable bonds is 7. The highest BCUT2D eigenvalue weighted by atomic mass is 31.2. The van der Waals surface area contributed by atoms with Crippen LogP contribution in [-0.4, -0.2) is 39.0 Å². The summed E-state index contributed by atoms with van der Waals surface area (Å²) in [6.07, 6.45) is -0.261. The normalized spacial score (nSPS) is 12.4. The summed E-state index contributed by atoms with van der Waals surface area (Å²) in [5.74, 6) is -1.75. The van der Waals surface area contributed by atoms with Crippen molar-refractivity contribution in [3.8, 4) is 0 Å². The molecule has 25 heavy (non-hydrogen) atoms. The molecular formula is C17H18NO6P. The van der Waals surface area contributed by atoms with Gasteiger partial charge >= 0.3 is 13.6 Å². The van der Waals surface area contributed by atoms with Crippen molar-refractivity contribution in [3.63, 3.8) is 0 Å². The summed E-state index contributed by atoms with van der Waals surface area (Å²) in [5.41, 5.74) is 0.895. The maximum atomic E-state index is 12.3. The van der Waals surface area contributed by atoms with Gasteiger partial charge < -0.3 is 20.2 Å². The SMILES string of the molecule is O=C(O)c1cccc(C(=O)NC(Cc2ccccc2)CP(=O)(O)O)c1. The van der Waals surface area contributed by atoms with E-state index in [1.807, 2.05) is 6.07 Å². The van der Waals surface area contributed by atoms with E-state index in [0.29, 0.717) is 0 Å². The average Bonchev–Trinajstić information content (AvgIpc) is 2.54. The van der Waals surface area contributed by atoms with Crippen molar-refractivity contribution in [3.05, 3.63) is 71.3 Å². The molecule has 0 spiro atoms. The number of hydrogen-bond acceptors (Lipinski definition) is 3. The fourth-order valence-electron chi connectivity index (χ4n) is 2.41. The van der Waals surface area contributed by atoms with Crippen LogP contribution in [0.5, 0.6) is 0 Å². The Labute approximate surface area is 144 Å². The van der Waals surface area contributed by atoms with Gasteiger partial charge in [0.25, 0.3) is 5.91 Å². The molecule has 2 aromatic carbocycles. The second-order valence-electron chi connectivity index (χ2n) is 5.59. The lowest BCUT2D eigenvalue weighted by Crippen LogP contribution is -2.39. The second kappa shape index (κ2) is 8.07. The van der Waals surface area contributed by atoms with Gasteiger partial charge in [0.15, 0.2) is 0 Å². The number of benzene rings is 2. The summed E-state index contributed by atoms with van der Waals surface area (Å²) >= 11 is 0. The molecule has 132 valence electrons. The minimum Gasteiger partial charge on any atom is -0.478 e. The van der Waals surface area contributed by atoms with Crippen molar-refractivity contribution >= 4 is 19.5 Å². The number of amides is 1. The Morgan fingerprint density at radius 3 is 2.24 bits per heavy atom. The smallest absolute Gasteiger partial charge is 0.335 e. The third kappa shape index (κ3) is 6.15. The molecule has 2 aromatic rings. The Morgan fingerprint density at radius 1 is 1.00 bits per heavy atom. The second-order valence-corrected chi connectivity index (χ2v) is 7.29. The fraction of sp³-hybridized carbons (Fsp3) is 0.176. The Kier molecular flexibility index (Phi) is 6.09. The summed E-state index contributed by atoms with van der Waals surface area (Å²) < 4.78 is 11.4. The van der Waals surface area contributed by atoms with Gasteiger partial charge in [0.1, 0.15) is 0 Å². The van der Waals surface area contributed by atoms with Crippen LogP contribution in [0.1, 0.15) is 26.3 Å². The maximum absolute atomic E-state index is 12.3. The van der Waals surface area contributed by atoms with E-state index in [2.05, 4.69) is 5.32 Å². The number of aromatic carboxylic acids is 1. The standard InChI is InChI=1S/C17H18NO6P/c19-16(13-7-4-8-14(10-13)17(20)21)18-15(11-25(22,23)24)9-12-5-2-1-3-6-12/h1-8,10,15H,9,11H2,(H,18,19)(H,20,21)(H2,22,23,24). The van der Waals surface area contributed by atoms with Gasteiger partial charge in [0, 0.05) is 11.6 Å². The van der Waals surface area contributed by atoms with E-state index in [9.17, 15) is 23.9 Å². The van der Waals surface area contributed by atoms with Gasteiger partial charge in [0.05, 0.1) is 11.7 Å². The van der Waals surface area contributed by atoms with Crippen LogP contribution in [0.2, 0.25) is 0 Å². The van der Waals surface area contributed by atoms with Crippen LogP contribution in [0.15, 0.2) is 54.6 Å². The molecule has 0 fully saturated rings. The van der Waals surface area contributed by atoms with E-state index in [-0.39, 0.29) is 17.5 Å². The first-order chi connectivity index (χ1) is 11.7. The lowest BCUT2D eigenvalue weighted by Gasteiger charge is -2.19. The highest BCUT2D eigenvalue weighted by Crippen LogP contribution is 2.35. The average molecular weight is 363 g/mol. The largest absolute Gasteiger partial charge is 0.478 e. The molecule has 0 radical (unpaired) electrons. The Hall–Kier alpha value is -2.47. The lowest BCUT2D eigenvalue weighted by molar-refractivity contribution is 0.0697. The highest BCUT2D eigenvalue weighted by Gasteiger charge is 2.24. The first-order valence-electron chi connectivity index (χ1n) is 7.47. The third-order valence-corrected chi connectivity index (χ3v) is 4.41. The van der Waals surface area contributed by atoms with Gasteiger partial charge in [-0.3, -0.25) is 9.36 Å². The van der Waals surface area contributed by atoms with Crippen molar-refractivity contribution in [2.75, 3.05) is 6.16 Å². The zero-order valence-electron chi connectivity index (χ0n) is 13.2. The molecule has 2 rings (SSSR count). The van der Waals surface area contributed by atoms with E-state index in [1.54, 1.807) is 24.3 Å². The lowest BCUT2D eigenvalue weighted by atomic mass is 10.1. The molecule has 0 saturated heterocycles. The van der Waals surface area contributed by atoms with Crippen molar-refractivity contribution in [1.82, 2.24) is 5.32 Å². The Morgan fingerprint density at radius 2 is 1.64 bits per heavy atom. The van der Waals surface area contributed by atoms with Crippen LogP contribution >= 0.6 is 7.60 Å². The van der Waals surface area contributed by atoms with Crippen molar-refractivity contribution in [2.45, 2.75) is 12.5 Å². The number of carbonyl (C=O) groups is 2. The van der Waals surface area contributed by atoms with Crippen LogP contribution in [0.4, 0.5) is 0 Å². The summed E-state index contributed by atoms with van der Waals surface area (Å²) in [6.45, 7) is 0. The predicted octanol–water partition coefficient (Wildman–Crippen LogP) is 1.90. The van der Waals surface area contributed by atoms with Gasteiger partial charge in [0.2, 0.25) is 0 Å². The predicted molar refractivity (Wildman–Crippen MR) is 91.7 cm³/mol. The maximum Gasteiger partial charge on any atom is 0.335 e. The molecule has 1 amide bonds. The molecule has 7 nitrogen and oxygen atoms in total. The van der Waals surface area contributed by atoms with Gasteiger partial charge in [-0.05, 0) is 30.2 Å². The summed E-state index contributed by atoms with van der Waals surface area (Å²) in [6, 6.07) is 13.7. The molecule has 8 heteroatoms. The molecular weight excluding hydrogens is 345 g/mol. The molecule has 0 saturated carbocycles. The molecule has 0 bridgehead atoms. The number of hydrogen-bond donors (Lipinski definition) is 4. The topological polar surface area (TPSA) is 124 Å². The number of nitrogens with one attached hydrogen (secondary N) is 1. The highest BCUT2D eigenvalue weighted by molar-refractivity contribution is 7.51. The van der Waals surface area contributed by atoms with Crippen LogP contribution in [-0.2, 0) is 11.0 Å². The summed E-state index contributed by atoms with van der Waals surface area (Å²) in [5, 5.41) is 11.6. The molecule has 1 atom stereocenters. The zero-order valence-corrected chi connectivity index (χ0v) is 14.1. The number of carboxylic acids is 1. The Balaban J connectivity index is 2.17. The first kappa shape index (κ1) is 18.9. The molecule has 1 unspecified atom stereocenters. The third-order valence-electron chi connectivity index (χ3n) is 3.49. The van der Waals surface area contributed by atoms with Gasteiger partial charge in [-0.15, -0.1) is 0 Å². The van der Waals surface area contributed by atoms with Gasteiger partial charge in [-0.1, -0.05) is 36.4 Å².